The van der Waals surface area contributed by atoms with E-state index in [2.05, 4.69) is 23.2 Å². The first kappa shape index (κ1) is 17.5. The fourth-order valence-corrected chi connectivity index (χ4v) is 3.77. The molecule has 1 aliphatic heterocycles. The number of likely N-dealkylation sites (tertiary alicyclic amines) is 1. The second-order valence-corrected chi connectivity index (χ2v) is 7.31. The lowest BCUT2D eigenvalue weighted by atomic mass is 10.1. The maximum absolute atomic E-state index is 13.0. The van der Waals surface area contributed by atoms with E-state index < -0.39 is 0 Å². The molecule has 3 aromatic rings. The van der Waals surface area contributed by atoms with Gasteiger partial charge < -0.3 is 9.42 Å². The molecule has 140 valence electrons. The van der Waals surface area contributed by atoms with Crippen molar-refractivity contribution < 1.29 is 9.32 Å². The number of aryl methyl sites for hydroxylation is 3. The zero-order valence-corrected chi connectivity index (χ0v) is 16.0. The van der Waals surface area contributed by atoms with Crippen molar-refractivity contribution in [2.75, 3.05) is 6.54 Å². The molecular formula is C21H24N4O2. The van der Waals surface area contributed by atoms with Gasteiger partial charge in [0.25, 0.3) is 5.91 Å². The van der Waals surface area contributed by atoms with Crippen LogP contribution in [0.5, 0.6) is 0 Å². The van der Waals surface area contributed by atoms with Crippen LogP contribution in [-0.4, -0.2) is 32.3 Å². The van der Waals surface area contributed by atoms with Crippen molar-refractivity contribution >= 4 is 5.91 Å². The molecule has 0 spiro atoms. The largest absolute Gasteiger partial charge is 0.359 e. The van der Waals surface area contributed by atoms with E-state index in [4.69, 9.17) is 4.52 Å². The van der Waals surface area contributed by atoms with Gasteiger partial charge in [-0.2, -0.15) is 5.10 Å². The van der Waals surface area contributed by atoms with Crippen molar-refractivity contribution in [1.29, 1.82) is 0 Å². The summed E-state index contributed by atoms with van der Waals surface area (Å²) in [7, 11) is 0. The maximum atomic E-state index is 13.0. The molecule has 3 heterocycles. The molecule has 6 nitrogen and oxygen atoms in total. The molecule has 0 N–H and O–H groups in total. The van der Waals surface area contributed by atoms with Crippen molar-refractivity contribution in [3.05, 3.63) is 70.4 Å². The smallest absolute Gasteiger partial charge is 0.254 e. The third-order valence-electron chi connectivity index (χ3n) is 5.12. The van der Waals surface area contributed by atoms with Gasteiger partial charge in [-0.1, -0.05) is 17.3 Å². The van der Waals surface area contributed by atoms with E-state index in [1.807, 2.05) is 53.8 Å². The minimum Gasteiger partial charge on any atom is -0.359 e. The van der Waals surface area contributed by atoms with Crippen LogP contribution in [0, 0.1) is 20.8 Å². The number of rotatable bonds is 4. The van der Waals surface area contributed by atoms with Crippen LogP contribution in [0.25, 0.3) is 0 Å². The van der Waals surface area contributed by atoms with Gasteiger partial charge >= 0.3 is 0 Å². The molecule has 1 amide bonds. The summed E-state index contributed by atoms with van der Waals surface area (Å²) >= 11 is 0. The zero-order chi connectivity index (χ0) is 19.0. The minimum absolute atomic E-state index is 0.0203. The van der Waals surface area contributed by atoms with Crippen LogP contribution in [-0.2, 0) is 6.54 Å². The van der Waals surface area contributed by atoms with Crippen molar-refractivity contribution in [2.24, 2.45) is 0 Å². The van der Waals surface area contributed by atoms with Crippen LogP contribution < -0.4 is 0 Å². The summed E-state index contributed by atoms with van der Waals surface area (Å²) in [5, 5.41) is 8.46. The molecule has 1 aromatic carbocycles. The third kappa shape index (κ3) is 3.52. The number of benzene rings is 1. The van der Waals surface area contributed by atoms with Gasteiger partial charge in [0.2, 0.25) is 0 Å². The lowest BCUT2D eigenvalue weighted by Crippen LogP contribution is -2.30. The summed E-state index contributed by atoms with van der Waals surface area (Å²) in [6.07, 6.45) is 1.89. The van der Waals surface area contributed by atoms with Crippen molar-refractivity contribution in [2.45, 2.75) is 46.2 Å². The third-order valence-corrected chi connectivity index (χ3v) is 5.12. The van der Waals surface area contributed by atoms with Gasteiger partial charge in [0, 0.05) is 23.9 Å². The standard InChI is InChI=1S/C21H24N4O2/c1-14-11-16(3)25(22-14)13-17-6-8-18(9-7-17)21(26)24-10-4-5-19(24)20-12-15(2)23-27-20/h6-9,11-12,19H,4-5,10,13H2,1-3H3/t19-/m0/s1. The normalized spacial score (nSPS) is 16.9. The second kappa shape index (κ2) is 7.02. The average molecular weight is 364 g/mol. The molecule has 0 saturated carbocycles. The number of aromatic nitrogens is 3. The molecule has 0 unspecified atom stereocenters. The first-order valence-electron chi connectivity index (χ1n) is 9.35. The lowest BCUT2D eigenvalue weighted by Gasteiger charge is -2.22. The molecule has 27 heavy (non-hydrogen) atoms. The highest BCUT2D eigenvalue weighted by atomic mass is 16.5. The topological polar surface area (TPSA) is 64.2 Å². The molecule has 1 aliphatic rings. The summed E-state index contributed by atoms with van der Waals surface area (Å²) in [4.78, 5) is 14.9. The Morgan fingerprint density at radius 2 is 1.93 bits per heavy atom. The van der Waals surface area contributed by atoms with Gasteiger partial charge in [0.05, 0.1) is 24.0 Å². The van der Waals surface area contributed by atoms with Gasteiger partial charge in [-0.3, -0.25) is 9.48 Å². The molecule has 0 bridgehead atoms. The quantitative estimate of drug-likeness (QED) is 0.706. The molecular weight excluding hydrogens is 340 g/mol. The number of hydrogen-bond donors (Lipinski definition) is 0. The van der Waals surface area contributed by atoms with Crippen molar-refractivity contribution in [1.82, 2.24) is 19.8 Å². The monoisotopic (exact) mass is 364 g/mol. The zero-order valence-electron chi connectivity index (χ0n) is 16.0. The molecule has 1 fully saturated rings. The molecule has 0 radical (unpaired) electrons. The van der Waals surface area contributed by atoms with Gasteiger partial charge in [0.15, 0.2) is 5.76 Å². The Labute approximate surface area is 158 Å². The predicted octanol–water partition coefficient (Wildman–Crippen LogP) is 3.82. The van der Waals surface area contributed by atoms with Crippen LogP contribution >= 0.6 is 0 Å². The van der Waals surface area contributed by atoms with Crippen molar-refractivity contribution in [3.8, 4) is 0 Å². The summed E-state index contributed by atoms with van der Waals surface area (Å²) < 4.78 is 7.39. The Morgan fingerprint density at radius 1 is 1.15 bits per heavy atom. The van der Waals surface area contributed by atoms with E-state index >= 15 is 0 Å². The fourth-order valence-electron chi connectivity index (χ4n) is 3.77. The molecule has 4 rings (SSSR count). The molecule has 1 atom stereocenters. The van der Waals surface area contributed by atoms with E-state index in [1.165, 1.54) is 0 Å². The van der Waals surface area contributed by atoms with E-state index in [9.17, 15) is 4.79 Å². The van der Waals surface area contributed by atoms with E-state index in [0.29, 0.717) is 12.1 Å². The van der Waals surface area contributed by atoms with Crippen LogP contribution in [0.1, 0.15) is 57.6 Å². The Balaban J connectivity index is 1.49. The highest BCUT2D eigenvalue weighted by molar-refractivity contribution is 5.94. The number of carbonyl (C=O) groups excluding carboxylic acids is 1. The summed E-state index contributed by atoms with van der Waals surface area (Å²) in [6, 6.07) is 11.8. The van der Waals surface area contributed by atoms with E-state index in [-0.39, 0.29) is 11.9 Å². The highest BCUT2D eigenvalue weighted by Crippen LogP contribution is 2.33. The van der Waals surface area contributed by atoms with Crippen LogP contribution in [0.15, 0.2) is 40.9 Å². The SMILES string of the molecule is Cc1cc([C@@H]2CCCN2C(=O)c2ccc(Cn3nc(C)cc3C)cc2)on1. The van der Waals surface area contributed by atoms with Crippen LogP contribution in [0.3, 0.4) is 0 Å². The highest BCUT2D eigenvalue weighted by Gasteiger charge is 2.33. The average Bonchev–Trinajstić information content (AvgIpc) is 3.35. The van der Waals surface area contributed by atoms with E-state index in [0.717, 1.165) is 47.8 Å². The van der Waals surface area contributed by atoms with Gasteiger partial charge in [-0.15, -0.1) is 0 Å². The summed E-state index contributed by atoms with van der Waals surface area (Å²) in [5.74, 6) is 0.823. The summed E-state index contributed by atoms with van der Waals surface area (Å²) in [5.41, 5.74) is 4.83. The van der Waals surface area contributed by atoms with Crippen LogP contribution in [0.2, 0.25) is 0 Å². The Hall–Kier alpha value is -2.89. The molecule has 0 aliphatic carbocycles. The predicted molar refractivity (Wildman–Crippen MR) is 101 cm³/mol. The second-order valence-electron chi connectivity index (χ2n) is 7.31. The maximum Gasteiger partial charge on any atom is 0.254 e. The Bertz CT molecular complexity index is 955. The van der Waals surface area contributed by atoms with E-state index in [1.54, 1.807) is 0 Å². The van der Waals surface area contributed by atoms with Crippen LogP contribution in [0.4, 0.5) is 0 Å². The fraction of sp³-hybridized carbons (Fsp3) is 0.381. The Morgan fingerprint density at radius 3 is 2.56 bits per heavy atom. The molecule has 6 heteroatoms. The van der Waals surface area contributed by atoms with Gasteiger partial charge in [-0.25, -0.2) is 0 Å². The van der Waals surface area contributed by atoms with Gasteiger partial charge in [0.1, 0.15) is 0 Å². The number of nitrogens with zero attached hydrogens (tertiary/aromatic N) is 4. The summed E-state index contributed by atoms with van der Waals surface area (Å²) in [6.45, 7) is 7.40. The minimum atomic E-state index is -0.0203. The number of amides is 1. The van der Waals surface area contributed by atoms with Gasteiger partial charge in [-0.05, 0) is 57.4 Å². The molecule has 2 aromatic heterocycles. The van der Waals surface area contributed by atoms with Crippen molar-refractivity contribution in [3.63, 3.8) is 0 Å². The number of carbonyl (C=O) groups is 1. The molecule has 1 saturated heterocycles. The number of hydrogen-bond acceptors (Lipinski definition) is 4. The Kier molecular flexibility index (Phi) is 4.56. The first-order chi connectivity index (χ1) is 13.0. The first-order valence-corrected chi connectivity index (χ1v) is 9.35. The lowest BCUT2D eigenvalue weighted by molar-refractivity contribution is 0.0714.